The maximum atomic E-state index is 4.56. The van der Waals surface area contributed by atoms with Gasteiger partial charge in [-0.05, 0) is 35.7 Å². The summed E-state index contributed by atoms with van der Waals surface area (Å²) in [6, 6.07) is 0.621. The molecular weight excluding hydrogens is 280 g/mol. The molecule has 1 aliphatic carbocycles. The van der Waals surface area contributed by atoms with Crippen LogP contribution in [0.4, 0.5) is 11.8 Å². The first kappa shape index (κ1) is 12.6. The van der Waals surface area contributed by atoms with Crippen LogP contribution in [0.3, 0.4) is 0 Å². The average molecular weight is 299 g/mol. The standard InChI is InChI=1S/C12H19BrN4/c1-3-14-12-15-8-10(13)11(16-12)17(2)9-6-4-5-7-9/h8-9H,3-7H2,1-2H3,(H,14,15,16). The summed E-state index contributed by atoms with van der Waals surface area (Å²) in [5.74, 6) is 1.69. The van der Waals surface area contributed by atoms with Gasteiger partial charge in [-0.1, -0.05) is 12.8 Å². The summed E-state index contributed by atoms with van der Waals surface area (Å²) in [7, 11) is 2.12. The molecule has 0 radical (unpaired) electrons. The molecule has 0 unspecified atom stereocenters. The Morgan fingerprint density at radius 1 is 1.47 bits per heavy atom. The zero-order valence-corrected chi connectivity index (χ0v) is 12.0. The third kappa shape index (κ3) is 2.89. The van der Waals surface area contributed by atoms with E-state index in [0.717, 1.165) is 16.8 Å². The number of halogens is 1. The van der Waals surface area contributed by atoms with Crippen LogP contribution in [-0.4, -0.2) is 29.6 Å². The van der Waals surface area contributed by atoms with E-state index in [-0.39, 0.29) is 0 Å². The molecule has 1 fully saturated rings. The smallest absolute Gasteiger partial charge is 0.224 e. The van der Waals surface area contributed by atoms with Crippen molar-refractivity contribution in [3.05, 3.63) is 10.7 Å². The maximum Gasteiger partial charge on any atom is 0.224 e. The fourth-order valence-corrected chi connectivity index (χ4v) is 2.78. The van der Waals surface area contributed by atoms with Crippen LogP contribution in [0.15, 0.2) is 10.7 Å². The van der Waals surface area contributed by atoms with E-state index >= 15 is 0 Å². The number of rotatable bonds is 4. The first-order chi connectivity index (χ1) is 8.22. The van der Waals surface area contributed by atoms with Crippen LogP contribution < -0.4 is 10.2 Å². The van der Waals surface area contributed by atoms with E-state index in [0.29, 0.717) is 12.0 Å². The highest BCUT2D eigenvalue weighted by atomic mass is 79.9. The van der Waals surface area contributed by atoms with Crippen molar-refractivity contribution < 1.29 is 0 Å². The van der Waals surface area contributed by atoms with Gasteiger partial charge in [0.15, 0.2) is 0 Å². The minimum absolute atomic E-state index is 0.621. The van der Waals surface area contributed by atoms with Crippen LogP contribution in [0.2, 0.25) is 0 Å². The van der Waals surface area contributed by atoms with E-state index in [4.69, 9.17) is 0 Å². The molecule has 0 spiro atoms. The van der Waals surface area contributed by atoms with Gasteiger partial charge in [-0.2, -0.15) is 4.98 Å². The number of aromatic nitrogens is 2. The largest absolute Gasteiger partial charge is 0.356 e. The molecule has 17 heavy (non-hydrogen) atoms. The predicted molar refractivity (Wildman–Crippen MR) is 74.6 cm³/mol. The Labute approximate surface area is 111 Å². The van der Waals surface area contributed by atoms with Crippen LogP contribution in [0.5, 0.6) is 0 Å². The lowest BCUT2D eigenvalue weighted by molar-refractivity contribution is 0.644. The minimum Gasteiger partial charge on any atom is -0.356 e. The van der Waals surface area contributed by atoms with Gasteiger partial charge in [0.25, 0.3) is 0 Å². The first-order valence-electron chi connectivity index (χ1n) is 6.21. The van der Waals surface area contributed by atoms with Gasteiger partial charge in [0.2, 0.25) is 5.95 Å². The predicted octanol–water partition coefficient (Wildman–Crippen LogP) is 3.05. The molecule has 4 nitrogen and oxygen atoms in total. The van der Waals surface area contributed by atoms with Gasteiger partial charge in [0, 0.05) is 25.8 Å². The van der Waals surface area contributed by atoms with Gasteiger partial charge in [-0.25, -0.2) is 4.98 Å². The highest BCUT2D eigenvalue weighted by molar-refractivity contribution is 9.10. The fraction of sp³-hybridized carbons (Fsp3) is 0.667. The molecule has 1 heterocycles. The Morgan fingerprint density at radius 3 is 2.82 bits per heavy atom. The first-order valence-corrected chi connectivity index (χ1v) is 7.01. The second-order valence-electron chi connectivity index (χ2n) is 4.44. The second kappa shape index (κ2) is 5.67. The number of hydrogen-bond acceptors (Lipinski definition) is 4. The number of nitrogens with one attached hydrogen (secondary N) is 1. The van der Waals surface area contributed by atoms with Gasteiger partial charge in [-0.3, -0.25) is 0 Å². The topological polar surface area (TPSA) is 41.1 Å². The lowest BCUT2D eigenvalue weighted by Gasteiger charge is -2.26. The van der Waals surface area contributed by atoms with E-state index in [1.54, 1.807) is 0 Å². The van der Waals surface area contributed by atoms with Crippen molar-refractivity contribution in [2.75, 3.05) is 23.8 Å². The molecular formula is C12H19BrN4. The number of hydrogen-bond donors (Lipinski definition) is 1. The van der Waals surface area contributed by atoms with Crippen LogP contribution in [-0.2, 0) is 0 Å². The van der Waals surface area contributed by atoms with Crippen molar-refractivity contribution in [3.8, 4) is 0 Å². The Balaban J connectivity index is 2.19. The van der Waals surface area contributed by atoms with E-state index in [1.807, 2.05) is 13.1 Å². The van der Waals surface area contributed by atoms with Crippen molar-refractivity contribution in [1.82, 2.24) is 9.97 Å². The van der Waals surface area contributed by atoms with Crippen LogP contribution >= 0.6 is 15.9 Å². The second-order valence-corrected chi connectivity index (χ2v) is 5.30. The zero-order valence-electron chi connectivity index (χ0n) is 10.4. The van der Waals surface area contributed by atoms with Crippen molar-refractivity contribution in [2.24, 2.45) is 0 Å². The summed E-state index contributed by atoms with van der Waals surface area (Å²) in [5, 5.41) is 3.15. The Morgan fingerprint density at radius 2 is 2.18 bits per heavy atom. The normalized spacial score (nSPS) is 16.2. The quantitative estimate of drug-likeness (QED) is 0.928. The molecule has 0 aromatic carbocycles. The van der Waals surface area contributed by atoms with Gasteiger partial charge in [-0.15, -0.1) is 0 Å². The molecule has 0 atom stereocenters. The van der Waals surface area contributed by atoms with Crippen molar-refractivity contribution in [2.45, 2.75) is 38.6 Å². The van der Waals surface area contributed by atoms with Crippen molar-refractivity contribution in [3.63, 3.8) is 0 Å². The lowest BCUT2D eigenvalue weighted by atomic mass is 10.2. The fourth-order valence-electron chi connectivity index (χ4n) is 2.31. The minimum atomic E-state index is 0.621. The Hall–Kier alpha value is -0.840. The van der Waals surface area contributed by atoms with E-state index < -0.39 is 0 Å². The summed E-state index contributed by atoms with van der Waals surface area (Å²) < 4.78 is 0.966. The Bertz CT molecular complexity index is 377. The molecule has 0 aliphatic heterocycles. The van der Waals surface area contributed by atoms with Gasteiger partial charge in [0.05, 0.1) is 4.47 Å². The van der Waals surface area contributed by atoms with Gasteiger partial charge in [0.1, 0.15) is 5.82 Å². The van der Waals surface area contributed by atoms with E-state index in [1.165, 1.54) is 25.7 Å². The van der Waals surface area contributed by atoms with E-state index in [9.17, 15) is 0 Å². The molecule has 0 saturated heterocycles. The van der Waals surface area contributed by atoms with Gasteiger partial charge >= 0.3 is 0 Å². The average Bonchev–Trinajstić information content (AvgIpc) is 2.85. The monoisotopic (exact) mass is 298 g/mol. The molecule has 5 heteroatoms. The van der Waals surface area contributed by atoms with Crippen molar-refractivity contribution >= 4 is 27.7 Å². The Kier molecular flexibility index (Phi) is 4.20. The number of nitrogens with zero attached hydrogens (tertiary/aromatic N) is 3. The summed E-state index contributed by atoms with van der Waals surface area (Å²) in [4.78, 5) is 11.1. The maximum absolute atomic E-state index is 4.56. The highest BCUT2D eigenvalue weighted by Crippen LogP contribution is 2.30. The summed E-state index contributed by atoms with van der Waals surface area (Å²) in [6.45, 7) is 2.89. The molecule has 2 rings (SSSR count). The van der Waals surface area contributed by atoms with E-state index in [2.05, 4.69) is 43.2 Å². The molecule has 1 aromatic heterocycles. The van der Waals surface area contributed by atoms with Crippen molar-refractivity contribution in [1.29, 1.82) is 0 Å². The molecule has 1 saturated carbocycles. The molecule has 0 amide bonds. The third-order valence-corrected chi connectivity index (χ3v) is 3.83. The number of anilines is 2. The van der Waals surface area contributed by atoms with Gasteiger partial charge < -0.3 is 10.2 Å². The summed E-state index contributed by atoms with van der Waals surface area (Å²) >= 11 is 3.53. The third-order valence-electron chi connectivity index (χ3n) is 3.27. The molecule has 0 bridgehead atoms. The molecule has 1 N–H and O–H groups in total. The zero-order chi connectivity index (χ0) is 12.3. The molecule has 1 aliphatic rings. The SMILES string of the molecule is CCNc1ncc(Br)c(N(C)C2CCCC2)n1. The van der Waals surface area contributed by atoms with Crippen LogP contribution in [0, 0.1) is 0 Å². The molecule has 1 aromatic rings. The molecule has 94 valence electrons. The lowest BCUT2D eigenvalue weighted by Crippen LogP contribution is -2.30. The summed E-state index contributed by atoms with van der Waals surface area (Å²) in [6.07, 6.45) is 7.02. The van der Waals surface area contributed by atoms with Crippen LogP contribution in [0.25, 0.3) is 0 Å². The van der Waals surface area contributed by atoms with Crippen LogP contribution in [0.1, 0.15) is 32.6 Å². The highest BCUT2D eigenvalue weighted by Gasteiger charge is 2.22. The summed E-state index contributed by atoms with van der Waals surface area (Å²) in [5.41, 5.74) is 0.